The van der Waals surface area contributed by atoms with Crippen molar-refractivity contribution < 1.29 is 14.3 Å². The van der Waals surface area contributed by atoms with Crippen molar-refractivity contribution in [2.45, 2.75) is 13.8 Å². The highest BCUT2D eigenvalue weighted by molar-refractivity contribution is 5.90. The Morgan fingerprint density at radius 2 is 1.61 bits per heavy atom. The van der Waals surface area contributed by atoms with Crippen molar-refractivity contribution in [2.75, 3.05) is 50.6 Å². The second-order valence-electron chi connectivity index (χ2n) is 8.05. The lowest BCUT2D eigenvalue weighted by atomic mass is 10.0. The maximum Gasteiger partial charge on any atom is 0.321 e. The van der Waals surface area contributed by atoms with Gasteiger partial charge in [-0.05, 0) is 55.3 Å². The van der Waals surface area contributed by atoms with Gasteiger partial charge in [0.05, 0.1) is 19.9 Å². The molecule has 0 radical (unpaired) electrons. The van der Waals surface area contributed by atoms with Crippen molar-refractivity contribution in [1.82, 2.24) is 15.1 Å². The first-order valence-corrected chi connectivity index (χ1v) is 10.9. The third kappa shape index (κ3) is 5.00. The summed E-state index contributed by atoms with van der Waals surface area (Å²) in [6, 6.07) is 15.5. The number of methoxy groups -OCH3 is 2. The SMILES string of the molecule is COc1ccc(NC(=O)N2CCN(c3ccc(-c4ccc(C)c(C)c4)nn3)CC2)cc1OC. The Morgan fingerprint density at radius 1 is 0.848 bits per heavy atom. The van der Waals surface area contributed by atoms with Crippen LogP contribution in [-0.4, -0.2) is 61.5 Å². The molecule has 3 aromatic rings. The highest BCUT2D eigenvalue weighted by Crippen LogP contribution is 2.30. The largest absolute Gasteiger partial charge is 0.493 e. The second kappa shape index (κ2) is 9.77. The zero-order chi connectivity index (χ0) is 23.4. The van der Waals surface area contributed by atoms with Crippen LogP contribution in [0.25, 0.3) is 11.3 Å². The van der Waals surface area contributed by atoms with E-state index in [4.69, 9.17) is 9.47 Å². The number of carbonyl (C=O) groups excluding carboxylic acids is 1. The number of hydrogen-bond donors (Lipinski definition) is 1. The monoisotopic (exact) mass is 447 g/mol. The molecule has 2 heterocycles. The Kier molecular flexibility index (Phi) is 6.63. The quantitative estimate of drug-likeness (QED) is 0.634. The molecular weight excluding hydrogens is 418 g/mol. The maximum absolute atomic E-state index is 12.7. The van der Waals surface area contributed by atoms with Crippen LogP contribution >= 0.6 is 0 Å². The third-order valence-electron chi connectivity index (χ3n) is 5.98. The van der Waals surface area contributed by atoms with Crippen molar-refractivity contribution in [2.24, 2.45) is 0 Å². The molecular formula is C25H29N5O3. The van der Waals surface area contributed by atoms with Gasteiger partial charge in [-0.1, -0.05) is 12.1 Å². The Morgan fingerprint density at radius 3 is 2.24 bits per heavy atom. The number of amides is 2. The average molecular weight is 448 g/mol. The summed E-state index contributed by atoms with van der Waals surface area (Å²) in [6.07, 6.45) is 0. The third-order valence-corrected chi connectivity index (χ3v) is 5.98. The van der Waals surface area contributed by atoms with E-state index in [2.05, 4.69) is 52.5 Å². The van der Waals surface area contributed by atoms with Crippen molar-refractivity contribution in [3.8, 4) is 22.8 Å². The van der Waals surface area contributed by atoms with Gasteiger partial charge in [0.25, 0.3) is 0 Å². The molecule has 1 aliphatic rings. The van der Waals surface area contributed by atoms with Crippen LogP contribution < -0.4 is 19.7 Å². The molecule has 1 N–H and O–H groups in total. The predicted octanol–water partition coefficient (Wildman–Crippen LogP) is 4.13. The molecule has 4 rings (SSSR count). The zero-order valence-corrected chi connectivity index (χ0v) is 19.5. The van der Waals surface area contributed by atoms with E-state index in [0.717, 1.165) is 17.1 Å². The lowest BCUT2D eigenvalue weighted by Crippen LogP contribution is -2.50. The molecule has 1 fully saturated rings. The van der Waals surface area contributed by atoms with Crippen LogP contribution in [0.1, 0.15) is 11.1 Å². The summed E-state index contributed by atoms with van der Waals surface area (Å²) < 4.78 is 10.5. The van der Waals surface area contributed by atoms with E-state index in [0.29, 0.717) is 43.4 Å². The molecule has 2 amide bonds. The van der Waals surface area contributed by atoms with Crippen LogP contribution in [-0.2, 0) is 0 Å². The van der Waals surface area contributed by atoms with Gasteiger partial charge in [0.1, 0.15) is 0 Å². The van der Waals surface area contributed by atoms with Crippen molar-refractivity contribution in [1.29, 1.82) is 0 Å². The lowest BCUT2D eigenvalue weighted by molar-refractivity contribution is 0.208. The first-order valence-electron chi connectivity index (χ1n) is 10.9. The molecule has 0 saturated carbocycles. The number of carbonyl (C=O) groups is 1. The summed E-state index contributed by atoms with van der Waals surface area (Å²) >= 11 is 0. The molecule has 1 aromatic heterocycles. The van der Waals surface area contributed by atoms with Crippen molar-refractivity contribution in [3.05, 3.63) is 59.7 Å². The topological polar surface area (TPSA) is 79.8 Å². The van der Waals surface area contributed by atoms with E-state index in [1.165, 1.54) is 11.1 Å². The number of aromatic nitrogens is 2. The zero-order valence-electron chi connectivity index (χ0n) is 19.5. The number of nitrogens with zero attached hydrogens (tertiary/aromatic N) is 4. The molecule has 2 aromatic carbocycles. The van der Waals surface area contributed by atoms with Crippen molar-refractivity contribution >= 4 is 17.5 Å². The van der Waals surface area contributed by atoms with Crippen LogP contribution in [0.3, 0.4) is 0 Å². The number of hydrogen-bond acceptors (Lipinski definition) is 6. The molecule has 172 valence electrons. The van der Waals surface area contributed by atoms with Gasteiger partial charge in [-0.15, -0.1) is 10.2 Å². The molecule has 0 bridgehead atoms. The summed E-state index contributed by atoms with van der Waals surface area (Å²) in [5, 5.41) is 11.8. The summed E-state index contributed by atoms with van der Waals surface area (Å²) in [6.45, 7) is 6.77. The molecule has 33 heavy (non-hydrogen) atoms. The van der Waals surface area contributed by atoms with Crippen LogP contribution in [0.5, 0.6) is 11.5 Å². The number of nitrogens with one attached hydrogen (secondary N) is 1. The van der Waals surface area contributed by atoms with Gasteiger partial charge in [-0.25, -0.2) is 4.79 Å². The fourth-order valence-electron chi connectivity index (χ4n) is 3.80. The van der Waals surface area contributed by atoms with Gasteiger partial charge in [0, 0.05) is 43.5 Å². The first kappa shape index (κ1) is 22.4. The summed E-state index contributed by atoms with van der Waals surface area (Å²) in [7, 11) is 3.15. The smallest absolute Gasteiger partial charge is 0.321 e. The number of benzene rings is 2. The van der Waals surface area contributed by atoms with E-state index < -0.39 is 0 Å². The number of aryl methyl sites for hydroxylation is 2. The first-order chi connectivity index (χ1) is 16.0. The highest BCUT2D eigenvalue weighted by atomic mass is 16.5. The van der Waals surface area contributed by atoms with Gasteiger partial charge < -0.3 is 24.6 Å². The number of ether oxygens (including phenoxy) is 2. The molecule has 0 atom stereocenters. The van der Waals surface area contributed by atoms with E-state index >= 15 is 0 Å². The van der Waals surface area contributed by atoms with E-state index in [9.17, 15) is 4.79 Å². The normalized spacial score (nSPS) is 13.6. The van der Waals surface area contributed by atoms with Crippen molar-refractivity contribution in [3.63, 3.8) is 0 Å². The molecule has 1 aliphatic heterocycles. The minimum Gasteiger partial charge on any atom is -0.493 e. The Hall–Kier alpha value is -3.81. The lowest BCUT2D eigenvalue weighted by Gasteiger charge is -2.35. The Balaban J connectivity index is 1.34. The standard InChI is InChI=1S/C25H29N5O3/c1-17-5-6-19(15-18(17)2)21-8-10-24(28-27-21)29-11-13-30(14-12-29)25(31)26-20-7-9-22(32-3)23(16-20)33-4/h5-10,15-16H,11-14H2,1-4H3,(H,26,31). The number of rotatable bonds is 5. The van der Waals surface area contributed by atoms with Gasteiger partial charge in [0.2, 0.25) is 0 Å². The van der Waals surface area contributed by atoms with Gasteiger partial charge in [-0.2, -0.15) is 0 Å². The number of anilines is 2. The Bertz CT molecular complexity index is 1130. The summed E-state index contributed by atoms with van der Waals surface area (Å²) in [5.41, 5.74) is 5.08. The number of urea groups is 1. The van der Waals surface area contributed by atoms with Crippen LogP contribution in [0.2, 0.25) is 0 Å². The predicted molar refractivity (Wildman–Crippen MR) is 129 cm³/mol. The minimum absolute atomic E-state index is 0.141. The maximum atomic E-state index is 12.7. The molecule has 0 aliphatic carbocycles. The molecule has 0 spiro atoms. The van der Waals surface area contributed by atoms with E-state index in [1.54, 1.807) is 37.3 Å². The van der Waals surface area contributed by atoms with Crippen LogP contribution in [0, 0.1) is 13.8 Å². The molecule has 8 heteroatoms. The second-order valence-corrected chi connectivity index (χ2v) is 8.05. The highest BCUT2D eigenvalue weighted by Gasteiger charge is 2.22. The number of piperazine rings is 1. The fourth-order valence-corrected chi connectivity index (χ4v) is 3.80. The Labute approximate surface area is 194 Å². The van der Waals surface area contributed by atoms with Crippen LogP contribution in [0.15, 0.2) is 48.5 Å². The molecule has 1 saturated heterocycles. The van der Waals surface area contributed by atoms with E-state index in [1.807, 2.05) is 12.1 Å². The van der Waals surface area contributed by atoms with Crippen LogP contribution in [0.4, 0.5) is 16.3 Å². The molecule has 8 nitrogen and oxygen atoms in total. The summed E-state index contributed by atoms with van der Waals surface area (Å²) in [4.78, 5) is 16.7. The minimum atomic E-state index is -0.141. The fraction of sp³-hybridized carbons (Fsp3) is 0.320. The molecule has 0 unspecified atom stereocenters. The van der Waals surface area contributed by atoms with Gasteiger partial charge >= 0.3 is 6.03 Å². The van der Waals surface area contributed by atoms with E-state index in [-0.39, 0.29) is 6.03 Å². The van der Waals surface area contributed by atoms with Gasteiger partial charge in [-0.3, -0.25) is 0 Å². The average Bonchev–Trinajstić information content (AvgIpc) is 2.86. The van der Waals surface area contributed by atoms with Gasteiger partial charge in [0.15, 0.2) is 17.3 Å². The summed E-state index contributed by atoms with van der Waals surface area (Å²) in [5.74, 6) is 2.01.